The highest BCUT2D eigenvalue weighted by Crippen LogP contribution is 2.29. The Morgan fingerprint density at radius 2 is 2.05 bits per heavy atom. The first-order valence-corrected chi connectivity index (χ1v) is 7.68. The number of hydrogen-bond donors (Lipinski definition) is 1. The molecular formula is C15H19ClN4O. The van der Waals surface area contributed by atoms with Crippen molar-refractivity contribution >= 4 is 34.5 Å². The summed E-state index contributed by atoms with van der Waals surface area (Å²) < 4.78 is 1.78. The van der Waals surface area contributed by atoms with E-state index < -0.39 is 0 Å². The Balaban J connectivity index is 1.97. The normalized spacial score (nSPS) is 17.1. The number of nitrogens with zero attached hydrogens (tertiary/aromatic N) is 3. The molecule has 1 amide bonds. The van der Waals surface area contributed by atoms with Gasteiger partial charge in [0.15, 0.2) is 0 Å². The fourth-order valence-electron chi connectivity index (χ4n) is 3.00. The van der Waals surface area contributed by atoms with Crippen LogP contribution in [-0.2, 0) is 4.79 Å². The Bertz CT molecular complexity index is 676. The molecule has 0 saturated carbocycles. The van der Waals surface area contributed by atoms with Gasteiger partial charge in [0.25, 0.3) is 0 Å². The maximum absolute atomic E-state index is 12.7. The molecule has 5 nitrogen and oxygen atoms in total. The van der Waals surface area contributed by atoms with E-state index in [1.165, 1.54) is 6.42 Å². The highest BCUT2D eigenvalue weighted by atomic mass is 35.5. The van der Waals surface area contributed by atoms with Crippen LogP contribution in [0.25, 0.3) is 11.0 Å². The smallest absolute Gasteiger partial charge is 0.245 e. The van der Waals surface area contributed by atoms with Gasteiger partial charge in [-0.25, -0.2) is 4.98 Å². The molecule has 1 saturated heterocycles. The van der Waals surface area contributed by atoms with Gasteiger partial charge in [-0.15, -0.1) is 0 Å². The molecule has 1 unspecified atom stereocenters. The highest BCUT2D eigenvalue weighted by Gasteiger charge is 2.26. The van der Waals surface area contributed by atoms with E-state index >= 15 is 0 Å². The number of rotatable bonds is 2. The maximum Gasteiger partial charge on any atom is 0.245 e. The van der Waals surface area contributed by atoms with Gasteiger partial charge in [0.2, 0.25) is 11.9 Å². The van der Waals surface area contributed by atoms with Crippen molar-refractivity contribution in [3.8, 4) is 0 Å². The second kappa shape index (κ2) is 5.56. The highest BCUT2D eigenvalue weighted by molar-refractivity contribution is 6.35. The van der Waals surface area contributed by atoms with Crippen molar-refractivity contribution in [3.63, 3.8) is 0 Å². The van der Waals surface area contributed by atoms with Crippen LogP contribution >= 0.6 is 11.6 Å². The van der Waals surface area contributed by atoms with Crippen LogP contribution in [0.3, 0.4) is 0 Å². The zero-order valence-corrected chi connectivity index (χ0v) is 12.8. The minimum atomic E-state index is -0.369. The summed E-state index contributed by atoms with van der Waals surface area (Å²) in [6.07, 6.45) is 3.35. The average molecular weight is 307 g/mol. The number of likely N-dealkylation sites (tertiary alicyclic amines) is 1. The number of halogens is 1. The van der Waals surface area contributed by atoms with E-state index in [2.05, 4.69) is 4.98 Å². The Hall–Kier alpha value is -1.75. The van der Waals surface area contributed by atoms with Crippen LogP contribution in [0.4, 0.5) is 5.95 Å². The van der Waals surface area contributed by atoms with Gasteiger partial charge in [-0.3, -0.25) is 9.36 Å². The van der Waals surface area contributed by atoms with E-state index in [4.69, 9.17) is 17.3 Å². The van der Waals surface area contributed by atoms with Gasteiger partial charge < -0.3 is 10.6 Å². The predicted octanol–water partition coefficient (Wildman–Crippen LogP) is 2.85. The number of piperidine rings is 1. The third kappa shape index (κ3) is 2.46. The molecule has 1 fully saturated rings. The third-order valence-corrected chi connectivity index (χ3v) is 4.42. The van der Waals surface area contributed by atoms with Gasteiger partial charge in [0, 0.05) is 13.1 Å². The summed E-state index contributed by atoms with van der Waals surface area (Å²) in [4.78, 5) is 18.9. The molecule has 1 aliphatic heterocycles. The number of aromatic nitrogens is 2. The molecule has 3 rings (SSSR count). The molecule has 6 heteroatoms. The van der Waals surface area contributed by atoms with Crippen molar-refractivity contribution in [2.24, 2.45) is 0 Å². The first kappa shape index (κ1) is 14.2. The zero-order chi connectivity index (χ0) is 15.0. The van der Waals surface area contributed by atoms with Crippen molar-refractivity contribution in [3.05, 3.63) is 23.2 Å². The second-order valence-electron chi connectivity index (χ2n) is 5.51. The molecule has 112 valence electrons. The molecule has 1 atom stereocenters. The molecule has 2 N–H and O–H groups in total. The Morgan fingerprint density at radius 1 is 1.33 bits per heavy atom. The van der Waals surface area contributed by atoms with Crippen LogP contribution in [0.2, 0.25) is 5.02 Å². The first-order chi connectivity index (χ1) is 10.1. The average Bonchev–Trinajstić information content (AvgIpc) is 2.84. The molecule has 1 aliphatic rings. The molecule has 21 heavy (non-hydrogen) atoms. The van der Waals surface area contributed by atoms with Crippen LogP contribution < -0.4 is 5.73 Å². The van der Waals surface area contributed by atoms with Gasteiger partial charge >= 0.3 is 0 Å². The van der Waals surface area contributed by atoms with Crippen LogP contribution in [0.1, 0.15) is 32.2 Å². The van der Waals surface area contributed by atoms with Crippen LogP contribution in [-0.4, -0.2) is 33.4 Å². The molecular weight excluding hydrogens is 288 g/mol. The number of amides is 1. The maximum atomic E-state index is 12.7. The van der Waals surface area contributed by atoms with Crippen molar-refractivity contribution in [2.45, 2.75) is 32.2 Å². The lowest BCUT2D eigenvalue weighted by Gasteiger charge is -2.30. The summed E-state index contributed by atoms with van der Waals surface area (Å²) in [6, 6.07) is 5.15. The van der Waals surface area contributed by atoms with Crippen LogP contribution in [0.5, 0.6) is 0 Å². The van der Waals surface area contributed by atoms with Crippen molar-refractivity contribution in [2.75, 3.05) is 18.8 Å². The standard InChI is InChI=1S/C15H19ClN4O/c1-10(14(21)19-8-3-2-4-9-19)20-12-7-5-6-11(16)13(12)18-15(20)17/h5-7,10H,2-4,8-9H2,1H3,(H2,17,18). The van der Waals surface area contributed by atoms with E-state index in [0.717, 1.165) is 31.4 Å². The quantitative estimate of drug-likeness (QED) is 0.928. The second-order valence-corrected chi connectivity index (χ2v) is 5.92. The van der Waals surface area contributed by atoms with Crippen LogP contribution in [0.15, 0.2) is 18.2 Å². The van der Waals surface area contributed by atoms with Gasteiger partial charge in [-0.2, -0.15) is 0 Å². The van der Waals surface area contributed by atoms with E-state index in [1.807, 2.05) is 24.0 Å². The number of imidazole rings is 1. The van der Waals surface area contributed by atoms with Crippen LogP contribution in [0, 0.1) is 0 Å². The molecule has 1 aromatic heterocycles. The lowest BCUT2D eigenvalue weighted by atomic mass is 10.1. The predicted molar refractivity (Wildman–Crippen MR) is 84.3 cm³/mol. The zero-order valence-electron chi connectivity index (χ0n) is 12.1. The number of anilines is 1. The summed E-state index contributed by atoms with van der Waals surface area (Å²) in [7, 11) is 0. The number of nitrogens with two attached hydrogens (primary N) is 1. The summed E-state index contributed by atoms with van der Waals surface area (Å²) in [5.74, 6) is 0.427. The number of nitrogen functional groups attached to an aromatic ring is 1. The molecule has 0 bridgehead atoms. The van der Waals surface area contributed by atoms with Crippen molar-refractivity contribution < 1.29 is 4.79 Å². The number of benzene rings is 1. The summed E-state index contributed by atoms with van der Waals surface area (Å²) in [6.45, 7) is 3.53. The van der Waals surface area contributed by atoms with Crippen molar-refractivity contribution in [1.82, 2.24) is 14.5 Å². The molecule has 1 aromatic carbocycles. The summed E-state index contributed by atoms with van der Waals surface area (Å²) in [5, 5.41) is 0.551. The van der Waals surface area contributed by atoms with E-state index in [-0.39, 0.29) is 11.9 Å². The first-order valence-electron chi connectivity index (χ1n) is 7.30. The summed E-state index contributed by atoms with van der Waals surface area (Å²) in [5.41, 5.74) is 7.46. The fraction of sp³-hybridized carbons (Fsp3) is 0.467. The molecule has 0 radical (unpaired) electrons. The number of fused-ring (bicyclic) bond motifs is 1. The largest absolute Gasteiger partial charge is 0.369 e. The van der Waals surface area contributed by atoms with Crippen molar-refractivity contribution in [1.29, 1.82) is 0 Å². The number of hydrogen-bond acceptors (Lipinski definition) is 3. The lowest BCUT2D eigenvalue weighted by molar-refractivity contribution is -0.135. The molecule has 2 heterocycles. The van der Waals surface area contributed by atoms with Gasteiger partial charge in [-0.05, 0) is 38.3 Å². The Kier molecular flexibility index (Phi) is 3.76. The SMILES string of the molecule is CC(C(=O)N1CCCCC1)n1c(N)nc2c(Cl)cccc21. The molecule has 2 aromatic rings. The van der Waals surface area contributed by atoms with Gasteiger partial charge in [0.05, 0.1) is 10.5 Å². The minimum absolute atomic E-state index is 0.0978. The van der Waals surface area contributed by atoms with Gasteiger partial charge in [0.1, 0.15) is 11.6 Å². The topological polar surface area (TPSA) is 64.2 Å². The number of para-hydroxylation sites is 1. The number of carbonyl (C=O) groups is 1. The number of carbonyl (C=O) groups excluding carboxylic acids is 1. The van der Waals surface area contributed by atoms with Gasteiger partial charge in [-0.1, -0.05) is 17.7 Å². The molecule has 0 aliphatic carbocycles. The summed E-state index contributed by atoms with van der Waals surface area (Å²) >= 11 is 6.15. The lowest BCUT2D eigenvalue weighted by Crippen LogP contribution is -2.39. The van der Waals surface area contributed by atoms with E-state index in [9.17, 15) is 4.79 Å². The Labute approximate surface area is 128 Å². The van der Waals surface area contributed by atoms with E-state index in [1.54, 1.807) is 10.6 Å². The molecule has 0 spiro atoms. The monoisotopic (exact) mass is 306 g/mol. The Morgan fingerprint density at radius 3 is 2.76 bits per heavy atom. The third-order valence-electron chi connectivity index (χ3n) is 4.11. The minimum Gasteiger partial charge on any atom is -0.369 e. The fourth-order valence-corrected chi connectivity index (χ4v) is 3.21. The van der Waals surface area contributed by atoms with E-state index in [0.29, 0.717) is 16.5 Å².